The second kappa shape index (κ2) is 11.8. The number of carbonyl (C=O) groups is 1. The lowest BCUT2D eigenvalue weighted by molar-refractivity contribution is -0.137. The maximum atomic E-state index is 9.76. The van der Waals surface area contributed by atoms with Crippen molar-refractivity contribution in [1.82, 2.24) is 15.3 Å². The van der Waals surface area contributed by atoms with Crippen LogP contribution in [0.25, 0.3) is 22.4 Å². The van der Waals surface area contributed by atoms with Crippen molar-refractivity contribution in [2.75, 3.05) is 13.1 Å². The number of rotatable bonds is 6. The number of carboxylic acids is 1. The number of hydrogen-bond donors (Lipinski definition) is 3. The Morgan fingerprint density at radius 3 is 2.16 bits per heavy atom. The highest BCUT2D eigenvalue weighted by Gasteiger charge is 2.18. The van der Waals surface area contributed by atoms with E-state index in [4.69, 9.17) is 5.11 Å². The van der Waals surface area contributed by atoms with E-state index in [1.807, 2.05) is 13.1 Å². The number of imidazole rings is 1. The molecule has 0 bridgehead atoms. The lowest BCUT2D eigenvalue weighted by atomic mass is 9.97. The predicted octanol–water partition coefficient (Wildman–Crippen LogP) is 6.23. The Morgan fingerprint density at radius 1 is 1.03 bits per heavy atom. The third-order valence-electron chi connectivity index (χ3n) is 5.44. The molecule has 1 aliphatic heterocycles. The lowest BCUT2D eigenvalue weighted by Gasteiger charge is -2.20. The Labute approximate surface area is 192 Å². The van der Waals surface area contributed by atoms with Crippen LogP contribution in [0.2, 0.25) is 0 Å². The fourth-order valence-corrected chi connectivity index (χ4v) is 3.86. The van der Waals surface area contributed by atoms with Gasteiger partial charge < -0.3 is 15.4 Å². The molecular weight excluding hydrogens is 454 g/mol. The van der Waals surface area contributed by atoms with Crippen LogP contribution in [0, 0.1) is 0 Å². The highest BCUT2D eigenvalue weighted by molar-refractivity contribution is 9.10. The van der Waals surface area contributed by atoms with E-state index in [0.717, 1.165) is 54.8 Å². The molecule has 1 aliphatic rings. The highest BCUT2D eigenvalue weighted by atomic mass is 79.9. The Hall–Kier alpha value is -2.44. The van der Waals surface area contributed by atoms with Crippen LogP contribution in [-0.4, -0.2) is 34.1 Å². The Balaban J connectivity index is 0.000000339. The number of aromatic nitrogens is 2. The maximum Gasteiger partial charge on any atom is 0.303 e. The third kappa shape index (κ3) is 7.04. The van der Waals surface area contributed by atoms with Crippen molar-refractivity contribution >= 4 is 21.9 Å². The molecule has 0 radical (unpaired) electrons. The summed E-state index contributed by atoms with van der Waals surface area (Å²) in [4.78, 5) is 17.9. The van der Waals surface area contributed by atoms with E-state index in [1.54, 1.807) is 0 Å². The normalized spacial score (nSPS) is 14.0. The van der Waals surface area contributed by atoms with Gasteiger partial charge in [-0.05, 0) is 61.2 Å². The molecule has 0 aliphatic carbocycles. The predicted molar refractivity (Wildman–Crippen MR) is 129 cm³/mol. The van der Waals surface area contributed by atoms with E-state index in [2.05, 4.69) is 79.7 Å². The first-order valence-electron chi connectivity index (χ1n) is 10.9. The molecular formula is C25H30BrN3O2. The topological polar surface area (TPSA) is 78.0 Å². The first-order valence-corrected chi connectivity index (χ1v) is 11.7. The summed E-state index contributed by atoms with van der Waals surface area (Å²) >= 11 is 3.48. The largest absolute Gasteiger partial charge is 0.481 e. The first-order chi connectivity index (χ1) is 15.1. The van der Waals surface area contributed by atoms with Gasteiger partial charge in [0.25, 0.3) is 0 Å². The van der Waals surface area contributed by atoms with Gasteiger partial charge in [0.1, 0.15) is 5.82 Å². The molecule has 0 saturated carbocycles. The van der Waals surface area contributed by atoms with Crippen molar-refractivity contribution in [1.29, 1.82) is 0 Å². The minimum Gasteiger partial charge on any atom is -0.481 e. The fourth-order valence-electron chi connectivity index (χ4n) is 3.60. The summed E-state index contributed by atoms with van der Waals surface area (Å²) in [6.07, 6.45) is 6.37. The number of nitrogens with zero attached hydrogens (tertiary/aromatic N) is 1. The molecule has 2 heterocycles. The number of H-pyrrole nitrogens is 1. The minimum atomic E-state index is -0.693. The maximum absolute atomic E-state index is 9.76. The minimum absolute atomic E-state index is 0.316. The van der Waals surface area contributed by atoms with Crippen LogP contribution in [0.1, 0.15) is 50.8 Å². The second-order valence-corrected chi connectivity index (χ2v) is 8.70. The van der Waals surface area contributed by atoms with Crippen molar-refractivity contribution in [3.63, 3.8) is 0 Å². The molecule has 0 spiro atoms. The zero-order valence-corrected chi connectivity index (χ0v) is 19.5. The van der Waals surface area contributed by atoms with Gasteiger partial charge in [-0.3, -0.25) is 4.79 Å². The first kappa shape index (κ1) is 23.2. The summed E-state index contributed by atoms with van der Waals surface area (Å²) in [5, 5.41) is 11.4. The van der Waals surface area contributed by atoms with Crippen LogP contribution in [-0.2, 0) is 4.79 Å². The molecule has 0 unspecified atom stereocenters. The van der Waals surface area contributed by atoms with Gasteiger partial charge in [0.15, 0.2) is 0 Å². The van der Waals surface area contributed by atoms with Crippen LogP contribution in [0.4, 0.5) is 0 Å². The molecule has 31 heavy (non-hydrogen) atoms. The van der Waals surface area contributed by atoms with Gasteiger partial charge >= 0.3 is 5.97 Å². The molecule has 2 aromatic carbocycles. The van der Waals surface area contributed by atoms with Gasteiger partial charge in [-0.1, -0.05) is 65.7 Å². The molecule has 1 fully saturated rings. The zero-order chi connectivity index (χ0) is 22.1. The average molecular weight is 484 g/mol. The summed E-state index contributed by atoms with van der Waals surface area (Å²) in [6, 6.07) is 17.1. The van der Waals surface area contributed by atoms with E-state index >= 15 is 0 Å². The van der Waals surface area contributed by atoms with E-state index in [1.165, 1.54) is 16.7 Å². The summed E-state index contributed by atoms with van der Waals surface area (Å²) in [5.74, 6) is 0.993. The van der Waals surface area contributed by atoms with Gasteiger partial charge in [0, 0.05) is 16.8 Å². The van der Waals surface area contributed by atoms with Crippen molar-refractivity contribution in [3.05, 3.63) is 65.0 Å². The quantitative estimate of drug-likeness (QED) is 0.387. The fraction of sp³-hybridized carbons (Fsp3) is 0.360. The molecule has 1 aromatic heterocycles. The SMILES string of the molecule is Brc1ccc(-c2ccc(-c3cnc(C4CCNCC4)[nH]3)cc2)cc1.CCCCC(=O)O. The summed E-state index contributed by atoms with van der Waals surface area (Å²) in [7, 11) is 0. The van der Waals surface area contributed by atoms with Gasteiger partial charge in [-0.2, -0.15) is 0 Å². The Morgan fingerprint density at radius 2 is 1.61 bits per heavy atom. The van der Waals surface area contributed by atoms with E-state index < -0.39 is 5.97 Å². The number of aromatic amines is 1. The highest BCUT2D eigenvalue weighted by Crippen LogP contribution is 2.28. The van der Waals surface area contributed by atoms with Crippen molar-refractivity contribution < 1.29 is 9.90 Å². The second-order valence-electron chi connectivity index (χ2n) is 7.79. The van der Waals surface area contributed by atoms with E-state index in [-0.39, 0.29) is 0 Å². The molecule has 164 valence electrons. The number of benzene rings is 2. The number of halogens is 1. The Kier molecular flexibility index (Phi) is 8.85. The molecule has 3 N–H and O–H groups in total. The molecule has 4 rings (SSSR count). The third-order valence-corrected chi connectivity index (χ3v) is 5.97. The number of nitrogens with one attached hydrogen (secondary N) is 2. The number of aliphatic carboxylic acids is 1. The van der Waals surface area contributed by atoms with Crippen LogP contribution in [0.5, 0.6) is 0 Å². The Bertz CT molecular complexity index is 946. The van der Waals surface area contributed by atoms with Crippen LogP contribution in [0.3, 0.4) is 0 Å². The van der Waals surface area contributed by atoms with Gasteiger partial charge in [-0.15, -0.1) is 0 Å². The number of piperidine rings is 1. The molecule has 6 heteroatoms. The number of carboxylic acid groups (broad SMARTS) is 1. The number of hydrogen-bond acceptors (Lipinski definition) is 3. The smallest absolute Gasteiger partial charge is 0.303 e. The zero-order valence-electron chi connectivity index (χ0n) is 17.9. The monoisotopic (exact) mass is 483 g/mol. The average Bonchev–Trinajstić information content (AvgIpc) is 3.30. The van der Waals surface area contributed by atoms with Crippen LogP contribution in [0.15, 0.2) is 59.2 Å². The van der Waals surface area contributed by atoms with Crippen LogP contribution >= 0.6 is 15.9 Å². The van der Waals surface area contributed by atoms with Crippen LogP contribution < -0.4 is 5.32 Å². The molecule has 0 atom stereocenters. The molecule has 3 aromatic rings. The lowest BCUT2D eigenvalue weighted by Crippen LogP contribution is -2.27. The van der Waals surface area contributed by atoms with E-state index in [0.29, 0.717) is 12.3 Å². The van der Waals surface area contributed by atoms with Crippen molar-refractivity contribution in [2.45, 2.75) is 44.9 Å². The van der Waals surface area contributed by atoms with Gasteiger partial charge in [-0.25, -0.2) is 4.98 Å². The van der Waals surface area contributed by atoms with Crippen molar-refractivity contribution in [2.24, 2.45) is 0 Å². The van der Waals surface area contributed by atoms with Gasteiger partial charge in [0.2, 0.25) is 0 Å². The van der Waals surface area contributed by atoms with E-state index in [9.17, 15) is 4.79 Å². The molecule has 5 nitrogen and oxygen atoms in total. The summed E-state index contributed by atoms with van der Waals surface area (Å²) in [6.45, 7) is 4.15. The van der Waals surface area contributed by atoms with Gasteiger partial charge in [0.05, 0.1) is 11.9 Å². The van der Waals surface area contributed by atoms with Crippen molar-refractivity contribution in [3.8, 4) is 22.4 Å². The number of unbranched alkanes of at least 4 members (excludes halogenated alkanes) is 1. The standard InChI is InChI=1S/C20H20BrN3.C5H10O2/c21-18-7-5-15(6-8-18)14-1-3-16(4-2-14)19-13-23-20(24-19)17-9-11-22-12-10-17;1-2-3-4-5(6)7/h1-8,13,17,22H,9-12H2,(H,23,24);2-4H2,1H3,(H,6,7). The molecule has 1 saturated heterocycles. The molecule has 0 amide bonds. The summed E-state index contributed by atoms with van der Waals surface area (Å²) in [5.41, 5.74) is 4.74. The summed E-state index contributed by atoms with van der Waals surface area (Å²) < 4.78 is 1.10.